The van der Waals surface area contributed by atoms with Gasteiger partial charge in [0, 0.05) is 18.5 Å². The summed E-state index contributed by atoms with van der Waals surface area (Å²) in [5.41, 5.74) is 8.65. The number of benzene rings is 1. The van der Waals surface area contributed by atoms with Gasteiger partial charge in [-0.15, -0.1) is 0 Å². The van der Waals surface area contributed by atoms with Crippen molar-refractivity contribution in [3.8, 4) is 0 Å². The van der Waals surface area contributed by atoms with Gasteiger partial charge in [-0.3, -0.25) is 4.79 Å². The van der Waals surface area contributed by atoms with Crippen LogP contribution in [0.5, 0.6) is 0 Å². The Bertz CT molecular complexity index is 550. The van der Waals surface area contributed by atoms with Crippen LogP contribution < -0.4 is 16.4 Å². The van der Waals surface area contributed by atoms with Crippen molar-refractivity contribution in [1.29, 1.82) is 0 Å². The normalized spacial score (nSPS) is 14.2. The zero-order valence-corrected chi connectivity index (χ0v) is 11.5. The summed E-state index contributed by atoms with van der Waals surface area (Å²) in [6.45, 7) is 1.08. The Morgan fingerprint density at radius 3 is 3.10 bits per heavy atom. The van der Waals surface area contributed by atoms with Gasteiger partial charge >= 0.3 is 0 Å². The van der Waals surface area contributed by atoms with E-state index in [9.17, 15) is 4.79 Å². The zero-order chi connectivity index (χ0) is 14.4. The van der Waals surface area contributed by atoms with Gasteiger partial charge in [0.25, 0.3) is 5.91 Å². The molecule has 0 spiro atoms. The Morgan fingerprint density at radius 1 is 1.50 bits per heavy atom. The summed E-state index contributed by atoms with van der Waals surface area (Å²) >= 11 is 0. The minimum atomic E-state index is -0.193. The van der Waals surface area contributed by atoms with E-state index >= 15 is 0 Å². The van der Waals surface area contributed by atoms with Crippen LogP contribution in [0.2, 0.25) is 0 Å². The van der Waals surface area contributed by atoms with E-state index in [4.69, 9.17) is 10.5 Å². The number of allylic oxidation sites excluding steroid dienone is 2. The second-order valence-electron chi connectivity index (χ2n) is 4.56. The highest BCUT2D eigenvalue weighted by Gasteiger charge is 2.12. The van der Waals surface area contributed by atoms with E-state index in [1.807, 2.05) is 24.4 Å². The van der Waals surface area contributed by atoms with Crippen molar-refractivity contribution in [2.75, 3.05) is 19.4 Å². The Kier molecular flexibility index (Phi) is 4.79. The number of carbonyl (C=O) groups excluding carboxylic acids is 1. The van der Waals surface area contributed by atoms with Crippen molar-refractivity contribution in [2.24, 2.45) is 0 Å². The maximum absolute atomic E-state index is 12.2. The number of methoxy groups -OCH3 is 1. The minimum absolute atomic E-state index is 0.193. The molecule has 2 rings (SSSR count). The average molecular weight is 273 g/mol. The lowest BCUT2D eigenvalue weighted by Crippen LogP contribution is -2.28. The van der Waals surface area contributed by atoms with E-state index in [0.29, 0.717) is 24.4 Å². The molecule has 4 N–H and O–H groups in total. The minimum Gasteiger partial charge on any atom is -0.398 e. The highest BCUT2D eigenvalue weighted by molar-refractivity contribution is 6.00. The van der Waals surface area contributed by atoms with Crippen molar-refractivity contribution in [3.63, 3.8) is 0 Å². The third-order valence-electron chi connectivity index (χ3n) is 2.97. The molecule has 0 unspecified atom stereocenters. The molecule has 106 valence electrons. The van der Waals surface area contributed by atoms with Crippen molar-refractivity contribution in [2.45, 2.75) is 13.0 Å². The van der Waals surface area contributed by atoms with Gasteiger partial charge in [-0.1, -0.05) is 18.2 Å². The molecule has 1 aromatic carbocycles. The quantitative estimate of drug-likeness (QED) is 0.727. The summed E-state index contributed by atoms with van der Waals surface area (Å²) in [7, 11) is 1.62. The van der Waals surface area contributed by atoms with Crippen molar-refractivity contribution in [3.05, 3.63) is 53.4 Å². The van der Waals surface area contributed by atoms with Crippen LogP contribution in [0.1, 0.15) is 22.3 Å². The van der Waals surface area contributed by atoms with Crippen LogP contribution in [0, 0.1) is 0 Å². The van der Waals surface area contributed by atoms with Gasteiger partial charge in [-0.2, -0.15) is 0 Å². The van der Waals surface area contributed by atoms with E-state index in [1.54, 1.807) is 19.2 Å². The molecule has 0 atom stereocenters. The fourth-order valence-electron chi connectivity index (χ4n) is 1.99. The van der Waals surface area contributed by atoms with Crippen LogP contribution in [0.15, 0.2) is 42.2 Å². The average Bonchev–Trinajstić information content (AvgIpc) is 2.67. The predicted molar refractivity (Wildman–Crippen MR) is 78.9 cm³/mol. The molecule has 5 nitrogen and oxygen atoms in total. The van der Waals surface area contributed by atoms with Gasteiger partial charge in [0.05, 0.1) is 18.7 Å². The second-order valence-corrected chi connectivity index (χ2v) is 4.56. The highest BCUT2D eigenvalue weighted by Crippen LogP contribution is 2.15. The van der Waals surface area contributed by atoms with Gasteiger partial charge < -0.3 is 21.1 Å². The molecule has 0 saturated carbocycles. The Labute approximate surface area is 118 Å². The number of rotatable bonds is 4. The Hall–Kier alpha value is -2.27. The monoisotopic (exact) mass is 273 g/mol. The van der Waals surface area contributed by atoms with Crippen LogP contribution in [0.25, 0.3) is 0 Å². The van der Waals surface area contributed by atoms with Gasteiger partial charge in [0.1, 0.15) is 0 Å². The Morgan fingerprint density at radius 2 is 2.35 bits per heavy atom. The number of ether oxygens (including phenoxy) is 1. The van der Waals surface area contributed by atoms with E-state index in [0.717, 1.165) is 17.7 Å². The van der Waals surface area contributed by atoms with E-state index in [-0.39, 0.29) is 5.91 Å². The number of hydrogen-bond donors (Lipinski definition) is 3. The second kappa shape index (κ2) is 6.77. The predicted octanol–water partition coefficient (Wildman–Crippen LogP) is 1.54. The molecule has 0 aliphatic carbocycles. The molecule has 5 heteroatoms. The zero-order valence-electron chi connectivity index (χ0n) is 11.5. The molecule has 1 amide bonds. The van der Waals surface area contributed by atoms with Crippen LogP contribution in [0.3, 0.4) is 0 Å². The van der Waals surface area contributed by atoms with E-state index in [2.05, 4.69) is 10.6 Å². The largest absolute Gasteiger partial charge is 0.398 e. The van der Waals surface area contributed by atoms with Gasteiger partial charge in [-0.25, -0.2) is 0 Å². The van der Waals surface area contributed by atoms with Crippen LogP contribution >= 0.6 is 0 Å². The van der Waals surface area contributed by atoms with Crippen LogP contribution in [0.4, 0.5) is 5.69 Å². The fraction of sp³-hybridized carbons (Fsp3) is 0.267. The molecular formula is C15H19N3O2. The SMILES string of the molecule is COCc1ccc(C(=O)NC2=CCC=CNC2)c(N)c1. The van der Waals surface area contributed by atoms with E-state index in [1.165, 1.54) is 0 Å². The third-order valence-corrected chi connectivity index (χ3v) is 2.97. The maximum atomic E-state index is 12.2. The van der Waals surface area contributed by atoms with Gasteiger partial charge in [0.2, 0.25) is 0 Å². The fourth-order valence-corrected chi connectivity index (χ4v) is 1.99. The molecular weight excluding hydrogens is 254 g/mol. The summed E-state index contributed by atoms with van der Waals surface area (Å²) in [6, 6.07) is 5.33. The lowest BCUT2D eigenvalue weighted by atomic mass is 10.1. The smallest absolute Gasteiger partial charge is 0.257 e. The molecule has 0 bridgehead atoms. The summed E-state index contributed by atoms with van der Waals surface area (Å²) in [6.07, 6.45) is 6.64. The van der Waals surface area contributed by atoms with Crippen LogP contribution in [-0.2, 0) is 11.3 Å². The Balaban J connectivity index is 2.07. The van der Waals surface area contributed by atoms with Crippen LogP contribution in [-0.4, -0.2) is 19.6 Å². The standard InChI is InChI=1S/C15H19N3O2/c1-20-10-11-5-6-13(14(16)8-11)15(19)18-12-4-2-3-7-17-9-12/h3-8,17H,2,9-10,16H2,1H3,(H,18,19). The van der Waals surface area contributed by atoms with Crippen molar-refractivity contribution >= 4 is 11.6 Å². The molecule has 20 heavy (non-hydrogen) atoms. The first kappa shape index (κ1) is 14.1. The first-order valence-electron chi connectivity index (χ1n) is 6.47. The number of carbonyl (C=O) groups is 1. The molecule has 1 aliphatic rings. The first-order valence-corrected chi connectivity index (χ1v) is 6.47. The number of nitrogens with two attached hydrogens (primary N) is 1. The number of nitrogens with one attached hydrogen (secondary N) is 2. The summed E-state index contributed by atoms with van der Waals surface area (Å²) in [5, 5.41) is 5.96. The number of nitrogen functional groups attached to an aromatic ring is 1. The number of anilines is 1. The van der Waals surface area contributed by atoms with Crippen molar-refractivity contribution in [1.82, 2.24) is 10.6 Å². The molecule has 1 aliphatic heterocycles. The molecule has 1 aromatic rings. The molecule has 0 radical (unpaired) electrons. The lowest BCUT2D eigenvalue weighted by Gasteiger charge is -2.11. The molecule has 1 heterocycles. The molecule has 0 fully saturated rings. The summed E-state index contributed by atoms with van der Waals surface area (Å²) in [5.74, 6) is -0.193. The highest BCUT2D eigenvalue weighted by atomic mass is 16.5. The summed E-state index contributed by atoms with van der Waals surface area (Å²) in [4.78, 5) is 12.2. The third kappa shape index (κ3) is 3.61. The maximum Gasteiger partial charge on any atom is 0.257 e. The van der Waals surface area contributed by atoms with Crippen molar-refractivity contribution < 1.29 is 9.53 Å². The molecule has 0 saturated heterocycles. The lowest BCUT2D eigenvalue weighted by molar-refractivity contribution is 0.0966. The number of amides is 1. The van der Waals surface area contributed by atoms with Gasteiger partial charge in [-0.05, 0) is 30.3 Å². The van der Waals surface area contributed by atoms with E-state index < -0.39 is 0 Å². The molecule has 0 aromatic heterocycles. The topological polar surface area (TPSA) is 76.4 Å². The first-order chi connectivity index (χ1) is 9.70. The van der Waals surface area contributed by atoms with Gasteiger partial charge in [0.15, 0.2) is 0 Å². The number of hydrogen-bond acceptors (Lipinski definition) is 4. The summed E-state index contributed by atoms with van der Waals surface area (Å²) < 4.78 is 5.04.